The molecule has 20 heavy (non-hydrogen) atoms. The van der Waals surface area contributed by atoms with E-state index >= 15 is 0 Å². The lowest BCUT2D eigenvalue weighted by Gasteiger charge is -2.28. The van der Waals surface area contributed by atoms with Gasteiger partial charge in [0.15, 0.2) is 0 Å². The van der Waals surface area contributed by atoms with E-state index in [1.807, 2.05) is 12.1 Å². The Labute approximate surface area is 117 Å². The molecular weight excluding hydrogens is 264 g/mol. The van der Waals surface area contributed by atoms with Crippen molar-refractivity contribution in [1.29, 1.82) is 0 Å². The lowest BCUT2D eigenvalue weighted by Crippen LogP contribution is -2.41. The van der Waals surface area contributed by atoms with Gasteiger partial charge in [-0.3, -0.25) is 0 Å². The van der Waals surface area contributed by atoms with E-state index < -0.39 is 13.0 Å². The molecule has 5 heteroatoms. The predicted octanol–water partition coefficient (Wildman–Crippen LogP) is 2.72. The van der Waals surface area contributed by atoms with E-state index in [-0.39, 0.29) is 12.1 Å². The Morgan fingerprint density at radius 3 is 2.55 bits per heavy atom. The van der Waals surface area contributed by atoms with Crippen LogP contribution in [0, 0.1) is 0 Å². The maximum absolute atomic E-state index is 12.0. The summed E-state index contributed by atoms with van der Waals surface area (Å²) in [5.74, 6) is 0.451. The number of alkyl halides is 2. The van der Waals surface area contributed by atoms with Crippen LogP contribution in [-0.4, -0.2) is 30.3 Å². The molecule has 1 fully saturated rings. The zero-order valence-corrected chi connectivity index (χ0v) is 11.4. The summed E-state index contributed by atoms with van der Waals surface area (Å²) in [6, 6.07) is 7.23. The molecule has 0 spiro atoms. The van der Waals surface area contributed by atoms with E-state index in [9.17, 15) is 13.9 Å². The van der Waals surface area contributed by atoms with Gasteiger partial charge in [0, 0.05) is 12.6 Å². The molecule has 0 heterocycles. The molecule has 0 radical (unpaired) electrons. The summed E-state index contributed by atoms with van der Waals surface area (Å²) in [4.78, 5) is 0. The summed E-state index contributed by atoms with van der Waals surface area (Å²) in [7, 11) is 0. The molecule has 1 saturated carbocycles. The Bertz CT molecular complexity index is 397. The molecule has 2 atom stereocenters. The highest BCUT2D eigenvalue weighted by Gasteiger charge is 2.21. The molecule has 2 rings (SSSR count). The molecule has 1 aliphatic rings. The highest BCUT2D eigenvalue weighted by Crippen LogP contribution is 2.19. The standard InChI is InChI=1S/C15H21F2NO2/c16-15(17)10-20-12-7-5-11(6-8-12)9-18-13-3-1-2-4-14(13)19/h5-8,13-15,18-19H,1-4,9-10H2. The van der Waals surface area contributed by atoms with Crippen LogP contribution in [0.2, 0.25) is 0 Å². The number of halogens is 2. The number of benzene rings is 1. The van der Waals surface area contributed by atoms with Crippen LogP contribution < -0.4 is 10.1 Å². The first-order valence-electron chi connectivity index (χ1n) is 7.06. The molecule has 2 unspecified atom stereocenters. The fraction of sp³-hybridized carbons (Fsp3) is 0.600. The fourth-order valence-electron chi connectivity index (χ4n) is 2.46. The van der Waals surface area contributed by atoms with Gasteiger partial charge in [0.1, 0.15) is 12.4 Å². The third-order valence-electron chi connectivity index (χ3n) is 3.60. The number of hydrogen-bond donors (Lipinski definition) is 2. The lowest BCUT2D eigenvalue weighted by atomic mass is 9.92. The van der Waals surface area contributed by atoms with Gasteiger partial charge in [-0.25, -0.2) is 8.78 Å². The third kappa shape index (κ3) is 4.72. The van der Waals surface area contributed by atoms with Gasteiger partial charge < -0.3 is 15.2 Å². The number of hydrogen-bond acceptors (Lipinski definition) is 3. The van der Waals surface area contributed by atoms with Crippen molar-refractivity contribution in [2.75, 3.05) is 6.61 Å². The second kappa shape index (κ2) is 7.55. The van der Waals surface area contributed by atoms with E-state index in [0.717, 1.165) is 31.2 Å². The van der Waals surface area contributed by atoms with Crippen molar-refractivity contribution >= 4 is 0 Å². The monoisotopic (exact) mass is 285 g/mol. The first kappa shape index (κ1) is 15.2. The number of aliphatic hydroxyl groups is 1. The van der Waals surface area contributed by atoms with Gasteiger partial charge in [0.05, 0.1) is 6.10 Å². The summed E-state index contributed by atoms with van der Waals surface area (Å²) in [5, 5.41) is 13.2. The van der Waals surface area contributed by atoms with Crippen molar-refractivity contribution in [3.8, 4) is 5.75 Å². The minimum atomic E-state index is -2.45. The van der Waals surface area contributed by atoms with Crippen LogP contribution >= 0.6 is 0 Å². The molecular formula is C15H21F2NO2. The van der Waals surface area contributed by atoms with E-state index in [1.165, 1.54) is 0 Å². The second-order valence-electron chi connectivity index (χ2n) is 5.19. The summed E-state index contributed by atoms with van der Waals surface area (Å²) >= 11 is 0. The van der Waals surface area contributed by atoms with E-state index in [1.54, 1.807) is 12.1 Å². The van der Waals surface area contributed by atoms with Crippen molar-refractivity contribution < 1.29 is 18.6 Å². The number of rotatable bonds is 6. The SMILES string of the molecule is OC1CCCCC1NCc1ccc(OCC(F)F)cc1. The van der Waals surface area contributed by atoms with Crippen LogP contribution in [0.4, 0.5) is 8.78 Å². The summed E-state index contributed by atoms with van der Waals surface area (Å²) in [6.07, 6.45) is 1.38. The smallest absolute Gasteiger partial charge is 0.272 e. The van der Waals surface area contributed by atoms with Crippen molar-refractivity contribution in [3.05, 3.63) is 29.8 Å². The van der Waals surface area contributed by atoms with Crippen molar-refractivity contribution in [2.24, 2.45) is 0 Å². The van der Waals surface area contributed by atoms with Gasteiger partial charge in [-0.1, -0.05) is 25.0 Å². The lowest BCUT2D eigenvalue weighted by molar-refractivity contribution is 0.0819. The van der Waals surface area contributed by atoms with Crippen LogP contribution in [0.3, 0.4) is 0 Å². The zero-order chi connectivity index (χ0) is 14.4. The Kier molecular flexibility index (Phi) is 5.73. The Balaban J connectivity index is 1.78. The highest BCUT2D eigenvalue weighted by atomic mass is 19.3. The molecule has 1 aliphatic carbocycles. The van der Waals surface area contributed by atoms with E-state index in [2.05, 4.69) is 5.32 Å². The molecule has 3 nitrogen and oxygen atoms in total. The minimum Gasteiger partial charge on any atom is -0.488 e. The largest absolute Gasteiger partial charge is 0.488 e. The molecule has 0 bridgehead atoms. The third-order valence-corrected chi connectivity index (χ3v) is 3.60. The quantitative estimate of drug-likeness (QED) is 0.844. The van der Waals surface area contributed by atoms with Gasteiger partial charge in [0.25, 0.3) is 6.43 Å². The van der Waals surface area contributed by atoms with Crippen LogP contribution in [0.1, 0.15) is 31.2 Å². The predicted molar refractivity (Wildman–Crippen MR) is 73.0 cm³/mol. The molecule has 2 N–H and O–H groups in total. The number of nitrogens with one attached hydrogen (secondary N) is 1. The topological polar surface area (TPSA) is 41.5 Å². The highest BCUT2D eigenvalue weighted by molar-refractivity contribution is 5.27. The molecule has 1 aromatic rings. The van der Waals surface area contributed by atoms with Crippen molar-refractivity contribution in [3.63, 3.8) is 0 Å². The Morgan fingerprint density at radius 1 is 1.20 bits per heavy atom. The van der Waals surface area contributed by atoms with E-state index in [4.69, 9.17) is 4.74 Å². The van der Waals surface area contributed by atoms with Crippen molar-refractivity contribution in [1.82, 2.24) is 5.32 Å². The normalized spacial score (nSPS) is 23.0. The Hall–Kier alpha value is -1.20. The van der Waals surface area contributed by atoms with Crippen molar-refractivity contribution in [2.45, 2.75) is 50.8 Å². The molecule has 0 amide bonds. The van der Waals surface area contributed by atoms with Gasteiger partial charge in [-0.2, -0.15) is 0 Å². The molecule has 1 aromatic carbocycles. The number of ether oxygens (including phenoxy) is 1. The van der Waals surface area contributed by atoms with Gasteiger partial charge in [-0.15, -0.1) is 0 Å². The maximum Gasteiger partial charge on any atom is 0.272 e. The second-order valence-corrected chi connectivity index (χ2v) is 5.19. The zero-order valence-electron chi connectivity index (χ0n) is 11.4. The summed E-state index contributed by atoms with van der Waals surface area (Å²) < 4.78 is 28.9. The summed E-state index contributed by atoms with van der Waals surface area (Å²) in [5.41, 5.74) is 1.05. The van der Waals surface area contributed by atoms with Gasteiger partial charge in [-0.05, 0) is 30.5 Å². The maximum atomic E-state index is 12.0. The average molecular weight is 285 g/mol. The van der Waals surface area contributed by atoms with Crippen LogP contribution in [0.15, 0.2) is 24.3 Å². The van der Waals surface area contributed by atoms with Gasteiger partial charge >= 0.3 is 0 Å². The first-order valence-corrected chi connectivity index (χ1v) is 7.06. The molecule has 112 valence electrons. The van der Waals surface area contributed by atoms with Crippen LogP contribution in [0.5, 0.6) is 5.75 Å². The van der Waals surface area contributed by atoms with Crippen LogP contribution in [-0.2, 0) is 6.54 Å². The Morgan fingerprint density at radius 2 is 1.90 bits per heavy atom. The van der Waals surface area contributed by atoms with E-state index in [0.29, 0.717) is 12.3 Å². The number of aliphatic hydroxyl groups excluding tert-OH is 1. The minimum absolute atomic E-state index is 0.151. The first-order chi connectivity index (χ1) is 9.65. The molecule has 0 aromatic heterocycles. The molecule has 0 saturated heterocycles. The molecule has 0 aliphatic heterocycles. The van der Waals surface area contributed by atoms with Crippen LogP contribution in [0.25, 0.3) is 0 Å². The summed E-state index contributed by atoms with van der Waals surface area (Å²) in [6.45, 7) is 0.0860. The van der Waals surface area contributed by atoms with Gasteiger partial charge in [0.2, 0.25) is 0 Å². The fourth-order valence-corrected chi connectivity index (χ4v) is 2.46. The average Bonchev–Trinajstić information content (AvgIpc) is 2.45.